The Labute approximate surface area is 181 Å². The second-order valence-corrected chi connectivity index (χ2v) is 9.92. The van der Waals surface area contributed by atoms with E-state index in [1.165, 1.54) is 36.4 Å². The Morgan fingerprint density at radius 1 is 0.871 bits per heavy atom. The van der Waals surface area contributed by atoms with Crippen molar-refractivity contribution in [2.24, 2.45) is 0 Å². The van der Waals surface area contributed by atoms with Crippen molar-refractivity contribution in [1.29, 1.82) is 0 Å². The molecule has 3 aromatic carbocycles. The van der Waals surface area contributed by atoms with Crippen molar-refractivity contribution in [3.05, 3.63) is 90.0 Å². The highest BCUT2D eigenvalue weighted by molar-refractivity contribution is 7.90. The van der Waals surface area contributed by atoms with Gasteiger partial charge in [0.25, 0.3) is 10.0 Å². The van der Waals surface area contributed by atoms with Crippen molar-refractivity contribution in [1.82, 2.24) is 4.72 Å². The molecule has 0 aliphatic rings. The van der Waals surface area contributed by atoms with Crippen molar-refractivity contribution < 1.29 is 25.8 Å². The minimum atomic E-state index is -4.06. The number of aryl methyl sites for hydroxylation is 1. The normalized spacial score (nSPS) is 11.5. The molecule has 0 atom stereocenters. The van der Waals surface area contributed by atoms with Crippen molar-refractivity contribution >= 4 is 31.9 Å². The molecule has 2 N–H and O–H groups in total. The molecule has 8 nitrogen and oxygen atoms in total. The van der Waals surface area contributed by atoms with Gasteiger partial charge in [0.2, 0.25) is 0 Å². The predicted molar refractivity (Wildman–Crippen MR) is 117 cm³/mol. The monoisotopic (exact) mass is 460 g/mol. The molecular formula is C21H20N2O6S2. The maximum Gasteiger partial charge on any atom is 0.333 e. The molecule has 0 heterocycles. The summed E-state index contributed by atoms with van der Waals surface area (Å²) in [6, 6.07) is 19.2. The van der Waals surface area contributed by atoms with Gasteiger partial charge < -0.3 is 9.50 Å². The largest absolute Gasteiger partial charge is 0.382 e. The summed E-state index contributed by atoms with van der Waals surface area (Å²) in [6.45, 7) is 1.81. The Hall–Kier alpha value is -3.37. The zero-order chi connectivity index (χ0) is 22.5. The fourth-order valence-electron chi connectivity index (χ4n) is 2.64. The first kappa shape index (κ1) is 22.3. The predicted octanol–water partition coefficient (Wildman–Crippen LogP) is 3.41. The summed E-state index contributed by atoms with van der Waals surface area (Å²) >= 11 is 0. The lowest BCUT2D eigenvalue weighted by atomic mass is 10.2. The maximum absolute atomic E-state index is 12.3. The standard InChI is InChI=1S/C21H20N2O6S2/c1-16-10-12-20(13-11-16)31(27,28)23-21(24)22-18-8-5-9-19(14-18)29-30(25,26)15-17-6-3-2-4-7-17/h2-14H,15H2,1H3,(H2,22,23,24). The summed E-state index contributed by atoms with van der Waals surface area (Å²) in [5, 5.41) is 2.35. The van der Waals surface area contributed by atoms with Gasteiger partial charge in [0.1, 0.15) is 11.5 Å². The van der Waals surface area contributed by atoms with Crippen molar-refractivity contribution in [3.63, 3.8) is 0 Å². The van der Waals surface area contributed by atoms with E-state index in [4.69, 9.17) is 4.18 Å². The number of hydrogen-bond acceptors (Lipinski definition) is 6. The van der Waals surface area contributed by atoms with E-state index in [1.54, 1.807) is 42.5 Å². The van der Waals surface area contributed by atoms with Crippen molar-refractivity contribution in [3.8, 4) is 5.75 Å². The van der Waals surface area contributed by atoms with Gasteiger partial charge in [0.15, 0.2) is 0 Å². The second-order valence-electron chi connectivity index (χ2n) is 6.67. The third-order valence-corrected chi connectivity index (χ3v) is 6.54. The van der Waals surface area contributed by atoms with Crippen LogP contribution in [0.2, 0.25) is 0 Å². The fourth-order valence-corrected chi connectivity index (χ4v) is 4.60. The van der Waals surface area contributed by atoms with Gasteiger partial charge in [0.05, 0.1) is 4.90 Å². The minimum Gasteiger partial charge on any atom is -0.382 e. The van der Waals surface area contributed by atoms with E-state index in [0.29, 0.717) is 5.56 Å². The van der Waals surface area contributed by atoms with E-state index < -0.39 is 26.2 Å². The molecule has 10 heteroatoms. The first-order valence-electron chi connectivity index (χ1n) is 9.10. The Morgan fingerprint density at radius 3 is 2.23 bits per heavy atom. The smallest absolute Gasteiger partial charge is 0.333 e. The molecule has 0 aliphatic heterocycles. The first-order chi connectivity index (χ1) is 14.6. The summed E-state index contributed by atoms with van der Waals surface area (Å²) in [4.78, 5) is 12.1. The van der Waals surface area contributed by atoms with Gasteiger partial charge in [-0.3, -0.25) is 0 Å². The van der Waals surface area contributed by atoms with E-state index in [2.05, 4.69) is 5.32 Å². The average molecular weight is 461 g/mol. The zero-order valence-corrected chi connectivity index (χ0v) is 18.1. The Balaban J connectivity index is 1.66. The fraction of sp³-hybridized carbons (Fsp3) is 0.0952. The zero-order valence-electron chi connectivity index (χ0n) is 16.5. The second kappa shape index (κ2) is 9.19. The average Bonchev–Trinajstić information content (AvgIpc) is 2.68. The molecule has 31 heavy (non-hydrogen) atoms. The number of anilines is 1. The number of hydrogen-bond donors (Lipinski definition) is 2. The van der Waals surface area contributed by atoms with Crippen LogP contribution in [0, 0.1) is 6.92 Å². The summed E-state index contributed by atoms with van der Waals surface area (Å²) < 4.78 is 56.1. The number of carbonyl (C=O) groups is 1. The van der Waals surface area contributed by atoms with Crippen LogP contribution >= 0.6 is 0 Å². The highest BCUT2D eigenvalue weighted by Gasteiger charge is 2.18. The minimum absolute atomic E-state index is 0.0184. The van der Waals surface area contributed by atoms with Crippen LogP contribution in [0.4, 0.5) is 10.5 Å². The van der Waals surface area contributed by atoms with E-state index in [0.717, 1.165) is 5.56 Å². The number of carbonyl (C=O) groups excluding carboxylic acids is 1. The van der Waals surface area contributed by atoms with Crippen LogP contribution in [0.5, 0.6) is 5.75 Å². The quantitative estimate of drug-likeness (QED) is 0.522. The molecule has 0 unspecified atom stereocenters. The summed E-state index contributed by atoms with van der Waals surface area (Å²) in [5.41, 5.74) is 1.60. The number of amides is 2. The van der Waals surface area contributed by atoms with Gasteiger partial charge in [-0.05, 0) is 36.8 Å². The van der Waals surface area contributed by atoms with Gasteiger partial charge in [-0.2, -0.15) is 8.42 Å². The SMILES string of the molecule is Cc1ccc(S(=O)(=O)NC(=O)Nc2cccc(OS(=O)(=O)Cc3ccccc3)c2)cc1. The maximum atomic E-state index is 12.3. The van der Waals surface area contributed by atoms with Gasteiger partial charge in [-0.15, -0.1) is 0 Å². The number of benzene rings is 3. The Morgan fingerprint density at radius 2 is 1.55 bits per heavy atom. The molecule has 0 fully saturated rings. The van der Waals surface area contributed by atoms with Crippen LogP contribution in [0.3, 0.4) is 0 Å². The van der Waals surface area contributed by atoms with Crippen LogP contribution in [0.1, 0.15) is 11.1 Å². The highest BCUT2D eigenvalue weighted by atomic mass is 32.2. The molecule has 0 saturated heterocycles. The van der Waals surface area contributed by atoms with Gasteiger partial charge in [-0.25, -0.2) is 17.9 Å². The van der Waals surface area contributed by atoms with Gasteiger partial charge in [-0.1, -0.05) is 54.1 Å². The van der Waals surface area contributed by atoms with E-state index in [9.17, 15) is 21.6 Å². The van der Waals surface area contributed by atoms with Crippen LogP contribution in [-0.4, -0.2) is 22.9 Å². The lowest BCUT2D eigenvalue weighted by Gasteiger charge is -2.11. The molecule has 3 rings (SSSR count). The molecule has 162 valence electrons. The molecule has 2 amide bonds. The summed E-state index contributed by atoms with van der Waals surface area (Å²) in [6.07, 6.45) is 0. The Bertz CT molecular complexity index is 1270. The molecular weight excluding hydrogens is 440 g/mol. The summed E-state index contributed by atoms with van der Waals surface area (Å²) in [7, 11) is -7.98. The van der Waals surface area contributed by atoms with Crippen LogP contribution in [0.15, 0.2) is 83.8 Å². The molecule has 0 radical (unpaired) electrons. The molecule has 0 aliphatic carbocycles. The number of urea groups is 1. The number of sulfonamides is 1. The van der Waals surface area contributed by atoms with E-state index in [-0.39, 0.29) is 22.1 Å². The van der Waals surface area contributed by atoms with Crippen molar-refractivity contribution in [2.75, 3.05) is 5.32 Å². The van der Waals surface area contributed by atoms with Crippen LogP contribution in [0.25, 0.3) is 0 Å². The Kier molecular flexibility index (Phi) is 6.62. The van der Waals surface area contributed by atoms with Crippen LogP contribution < -0.4 is 14.2 Å². The third kappa shape index (κ3) is 6.56. The van der Waals surface area contributed by atoms with E-state index in [1.807, 2.05) is 11.6 Å². The molecule has 0 spiro atoms. The van der Waals surface area contributed by atoms with Gasteiger partial charge >= 0.3 is 16.1 Å². The molecule has 3 aromatic rings. The highest BCUT2D eigenvalue weighted by Crippen LogP contribution is 2.20. The molecule has 0 bridgehead atoms. The lowest BCUT2D eigenvalue weighted by Crippen LogP contribution is -2.34. The lowest BCUT2D eigenvalue weighted by molar-refractivity contribution is 0.256. The topological polar surface area (TPSA) is 119 Å². The van der Waals surface area contributed by atoms with Gasteiger partial charge in [0, 0.05) is 11.8 Å². The van der Waals surface area contributed by atoms with Crippen LogP contribution in [-0.2, 0) is 25.9 Å². The third-order valence-electron chi connectivity index (χ3n) is 4.06. The number of rotatable bonds is 7. The molecule has 0 aromatic heterocycles. The number of nitrogens with one attached hydrogen (secondary N) is 2. The van der Waals surface area contributed by atoms with Crippen molar-refractivity contribution in [2.45, 2.75) is 17.6 Å². The summed E-state index contributed by atoms with van der Waals surface area (Å²) in [5.74, 6) is -0.337. The molecule has 0 saturated carbocycles. The van der Waals surface area contributed by atoms with E-state index >= 15 is 0 Å². The first-order valence-corrected chi connectivity index (χ1v) is 12.2.